The van der Waals surface area contributed by atoms with Crippen LogP contribution < -0.4 is 168 Å². The molecule has 0 unspecified atom stereocenters. The first kappa shape index (κ1) is 53.7. The van der Waals surface area contributed by atoms with E-state index in [0.717, 1.165) is 0 Å². The van der Waals surface area contributed by atoms with Gasteiger partial charge in [0, 0.05) is 0 Å². The average Bonchev–Trinajstić information content (AvgIpc) is 2.93. The molecule has 0 aliphatic heterocycles. The van der Waals surface area contributed by atoms with Crippen molar-refractivity contribution in [3.05, 3.63) is 93.0 Å². The number of hydrogen-bond donors (Lipinski definition) is 3. The fraction of sp³-hybridized carbons (Fsp3) is 0.143. The van der Waals surface area contributed by atoms with Crippen molar-refractivity contribution in [2.75, 3.05) is 0 Å². The van der Waals surface area contributed by atoms with Gasteiger partial charge in [-0.25, -0.2) is 8.42 Å². The Balaban J connectivity index is 0.00000541. The van der Waals surface area contributed by atoms with Crippen molar-refractivity contribution >= 4 is 40.5 Å². The normalized spacial score (nSPS) is 12.8. The Bertz CT molecular complexity index is 2070. The van der Waals surface area contributed by atoms with E-state index in [1.807, 2.05) is 0 Å². The Labute approximate surface area is 415 Å². The summed E-state index contributed by atoms with van der Waals surface area (Å²) in [7, 11) is -20.6. The Kier molecular flexibility index (Phi) is 19.9. The summed E-state index contributed by atoms with van der Waals surface area (Å²) in [5.41, 5.74) is -4.48. The third-order valence-corrected chi connectivity index (χ3v) is 10.9. The molecule has 53 heavy (non-hydrogen) atoms. The molecule has 8 bridgehead atoms. The first-order valence-electron chi connectivity index (χ1n) is 13.1. The molecule has 0 heterocycles. The molecule has 1 aliphatic carbocycles. The second-order valence-electron chi connectivity index (χ2n) is 10.9. The fourth-order valence-corrected chi connectivity index (χ4v) is 7.67. The predicted octanol–water partition coefficient (Wildman–Crippen LogP) is -15.7. The van der Waals surface area contributed by atoms with Crippen LogP contribution in [0.4, 0.5) is 0 Å². The molecule has 3 N–H and O–H groups in total. The monoisotopic (exact) mass is 854 g/mol. The maximum Gasteiger partial charge on any atom is 1.00 e. The molecule has 25 heteroatoms. The van der Waals surface area contributed by atoms with Crippen LogP contribution in [0.5, 0.6) is 23.0 Å². The summed E-state index contributed by atoms with van der Waals surface area (Å²) in [6.07, 6.45) is -3.44. The van der Waals surface area contributed by atoms with Gasteiger partial charge in [-0.2, -0.15) is 25.3 Å². The molecule has 0 atom stereocenters. The van der Waals surface area contributed by atoms with Crippen LogP contribution in [0, 0.1) is 0 Å². The van der Waals surface area contributed by atoms with Gasteiger partial charge in [-0.15, -0.1) is 23.0 Å². The van der Waals surface area contributed by atoms with Crippen molar-refractivity contribution in [3.8, 4) is 23.0 Å². The summed E-state index contributed by atoms with van der Waals surface area (Å²) in [5, 5.41) is 54.3. The van der Waals surface area contributed by atoms with E-state index >= 15 is 0 Å². The van der Waals surface area contributed by atoms with Gasteiger partial charge in [0.1, 0.15) is 10.1 Å². The Morgan fingerprint density at radius 1 is 0.358 bits per heavy atom. The Hall–Kier alpha value is 0.720. The minimum atomic E-state index is -5.33. The molecular formula is C28H19Na5O16S4. The molecule has 0 fully saturated rings. The zero-order valence-electron chi connectivity index (χ0n) is 28.7. The maximum absolute atomic E-state index is 13.6. The van der Waals surface area contributed by atoms with E-state index in [9.17, 15) is 72.3 Å². The molecule has 0 amide bonds. The molecule has 4 aromatic rings. The minimum absolute atomic E-state index is 0. The molecule has 0 aromatic heterocycles. The van der Waals surface area contributed by atoms with Gasteiger partial charge in [-0.1, -0.05) is 0 Å². The second kappa shape index (κ2) is 19.6. The van der Waals surface area contributed by atoms with Crippen LogP contribution in [0.15, 0.2) is 68.1 Å². The van der Waals surface area contributed by atoms with Crippen molar-refractivity contribution in [2.24, 2.45) is 0 Å². The van der Waals surface area contributed by atoms with Crippen LogP contribution in [0.2, 0.25) is 0 Å². The summed E-state index contributed by atoms with van der Waals surface area (Å²) in [6.45, 7) is 0. The quantitative estimate of drug-likeness (QED) is 0.112. The minimum Gasteiger partial charge on any atom is -0.872 e. The molecule has 16 nitrogen and oxygen atoms in total. The SMILES string of the molecule is O=S(=O)([O-])c1cc2c([O-])c(c1)Cc1cc(S(=O)(=O)O)cc(c1[O-])Cc1cc(S(=O)(=O)O)cc(c1[O-])Cc1cc(S(=O)(=O)O)cc(c1[O-])C2.[Na+].[Na+].[Na+].[Na+].[Na+]. The standard InChI is InChI=1S/C28H24O16S4.5Na/c29-25-13-1-14-6-22(46(36,37)38)8-16(26(14)30)3-18-10-24(48(42,43)44)12-20(28(18)32)4-19-11-23(47(39,40)41)9-17(27(19)31)2-15(25)7-21(5-13)45(33,34)35;;;;;/h5-12,29-32H,1-4H2,(H,33,34,35)(H,36,37,38)(H,39,40,41)(H,42,43,44);;;;;/q;5*+1/p-5. The second-order valence-corrected chi connectivity index (χ2v) is 16.5. The Morgan fingerprint density at radius 3 is 0.642 bits per heavy atom. The van der Waals surface area contributed by atoms with E-state index in [2.05, 4.69) is 0 Å². The first-order valence-corrected chi connectivity index (χ1v) is 18.9. The molecule has 0 saturated carbocycles. The molecule has 0 saturated heterocycles. The van der Waals surface area contributed by atoms with Gasteiger partial charge >= 0.3 is 148 Å². The first-order chi connectivity index (χ1) is 21.9. The average molecular weight is 855 g/mol. The molecule has 4 aromatic carbocycles. The number of rotatable bonds is 4. The van der Waals surface area contributed by atoms with E-state index in [1.165, 1.54) is 0 Å². The van der Waals surface area contributed by atoms with Crippen LogP contribution >= 0.6 is 0 Å². The zero-order chi connectivity index (χ0) is 35.7. The van der Waals surface area contributed by atoms with Crippen molar-refractivity contribution in [2.45, 2.75) is 45.3 Å². The third-order valence-electron chi connectivity index (χ3n) is 7.57. The predicted molar refractivity (Wildman–Crippen MR) is 152 cm³/mol. The van der Waals surface area contributed by atoms with Gasteiger partial charge in [0.2, 0.25) is 0 Å². The van der Waals surface area contributed by atoms with Gasteiger partial charge in [0.05, 0.1) is 19.6 Å². The molecular weight excluding hydrogens is 836 g/mol. The van der Waals surface area contributed by atoms with E-state index in [-0.39, 0.29) is 148 Å². The van der Waals surface area contributed by atoms with Gasteiger partial charge in [-0.05, 0) is 119 Å². The molecule has 256 valence electrons. The number of fused-ring (bicyclic) bond motifs is 8. The van der Waals surface area contributed by atoms with Crippen LogP contribution in [-0.2, 0) is 66.2 Å². The van der Waals surface area contributed by atoms with Crippen molar-refractivity contribution in [1.82, 2.24) is 0 Å². The molecule has 0 spiro atoms. The van der Waals surface area contributed by atoms with Crippen molar-refractivity contribution in [3.63, 3.8) is 0 Å². The zero-order valence-corrected chi connectivity index (χ0v) is 42.0. The van der Waals surface area contributed by atoms with E-state index < -0.39 is 153 Å². The molecule has 0 radical (unpaired) electrons. The van der Waals surface area contributed by atoms with Gasteiger partial charge in [0.25, 0.3) is 30.4 Å². The third kappa shape index (κ3) is 12.4. The van der Waals surface area contributed by atoms with E-state index in [1.54, 1.807) is 0 Å². The summed E-state index contributed by atoms with van der Waals surface area (Å²) in [6, 6.07) is 5.14. The van der Waals surface area contributed by atoms with Crippen LogP contribution in [0.1, 0.15) is 44.5 Å². The van der Waals surface area contributed by atoms with Crippen LogP contribution in [-0.4, -0.2) is 51.9 Å². The number of hydrogen-bond acceptors (Lipinski definition) is 13. The fourth-order valence-electron chi connectivity index (χ4n) is 5.35. The summed E-state index contributed by atoms with van der Waals surface area (Å²) in [5.74, 6) is -4.14. The van der Waals surface area contributed by atoms with Crippen LogP contribution in [0.25, 0.3) is 0 Å². The van der Waals surface area contributed by atoms with E-state index in [4.69, 9.17) is 0 Å². The molecule has 1 aliphatic rings. The van der Waals surface area contributed by atoms with E-state index in [0.29, 0.717) is 48.5 Å². The van der Waals surface area contributed by atoms with Gasteiger partial charge in [-0.3, -0.25) is 13.7 Å². The van der Waals surface area contributed by atoms with Crippen molar-refractivity contribution < 1.29 is 220 Å². The largest absolute Gasteiger partial charge is 1.00 e. The summed E-state index contributed by atoms with van der Waals surface area (Å²) in [4.78, 5) is -3.72. The van der Waals surface area contributed by atoms with Crippen LogP contribution in [0.3, 0.4) is 0 Å². The molecule has 5 rings (SSSR count). The van der Waals surface area contributed by atoms with Gasteiger partial charge < -0.3 is 25.0 Å². The number of benzene rings is 4. The van der Waals surface area contributed by atoms with Gasteiger partial charge in [0.15, 0.2) is 0 Å². The smallest absolute Gasteiger partial charge is 0.872 e. The summed E-state index contributed by atoms with van der Waals surface area (Å²) >= 11 is 0. The Morgan fingerprint density at radius 2 is 0.509 bits per heavy atom. The topological polar surface area (TPSA) is 313 Å². The van der Waals surface area contributed by atoms with Crippen molar-refractivity contribution in [1.29, 1.82) is 0 Å². The maximum atomic E-state index is 13.6. The summed E-state index contributed by atoms with van der Waals surface area (Å²) < 4.78 is 138.